The van der Waals surface area contributed by atoms with Gasteiger partial charge in [0.1, 0.15) is 18.2 Å². The number of rotatable bonds is 6. The predicted octanol–water partition coefficient (Wildman–Crippen LogP) is 2.20. The van der Waals surface area contributed by atoms with Crippen molar-refractivity contribution in [1.82, 2.24) is 9.55 Å². The zero-order valence-corrected chi connectivity index (χ0v) is 11.9. The average molecular weight is 256 g/mol. The van der Waals surface area contributed by atoms with E-state index < -0.39 is 14.0 Å². The van der Waals surface area contributed by atoms with E-state index in [4.69, 9.17) is 9.84 Å². The minimum atomic E-state index is -1.09. The van der Waals surface area contributed by atoms with Gasteiger partial charge in [-0.25, -0.2) is 9.78 Å². The fourth-order valence-corrected chi connectivity index (χ4v) is 2.09. The van der Waals surface area contributed by atoms with Crippen LogP contribution in [0.1, 0.15) is 16.3 Å². The number of carboxylic acid groups (broad SMARTS) is 1. The molecule has 0 radical (unpaired) electrons. The Morgan fingerprint density at radius 3 is 2.71 bits per heavy atom. The van der Waals surface area contributed by atoms with E-state index in [2.05, 4.69) is 24.6 Å². The number of aryl methyl sites for hydroxylation is 1. The number of aromatic carboxylic acids is 1. The molecule has 17 heavy (non-hydrogen) atoms. The zero-order valence-electron chi connectivity index (χ0n) is 10.9. The minimum Gasteiger partial charge on any atom is -0.477 e. The van der Waals surface area contributed by atoms with Crippen LogP contribution in [0.15, 0.2) is 6.20 Å². The van der Waals surface area contributed by atoms with Gasteiger partial charge < -0.3 is 9.84 Å². The summed E-state index contributed by atoms with van der Waals surface area (Å²) >= 11 is 0. The van der Waals surface area contributed by atoms with Crippen molar-refractivity contribution < 1.29 is 14.6 Å². The van der Waals surface area contributed by atoms with Crippen LogP contribution in [0.5, 0.6) is 0 Å². The SMILES string of the molecule is Cc1ncc(C(=O)O)n1COCC[Si](C)(C)C. The standard InChI is InChI=1S/C11H20N2O3Si/c1-9-12-7-10(11(14)15)13(9)8-16-5-6-17(2,3)4/h7H,5-6,8H2,1-4H3,(H,14,15). The molecule has 0 aliphatic heterocycles. The van der Waals surface area contributed by atoms with Crippen LogP contribution in [0.2, 0.25) is 25.7 Å². The van der Waals surface area contributed by atoms with Crippen LogP contribution in [0.3, 0.4) is 0 Å². The first-order chi connectivity index (χ1) is 7.81. The molecule has 0 atom stereocenters. The zero-order chi connectivity index (χ0) is 13.1. The van der Waals surface area contributed by atoms with Gasteiger partial charge in [0, 0.05) is 14.7 Å². The third-order valence-corrected chi connectivity index (χ3v) is 4.20. The molecule has 96 valence electrons. The predicted molar refractivity (Wildman–Crippen MR) is 68.0 cm³/mol. The van der Waals surface area contributed by atoms with Crippen molar-refractivity contribution in [2.24, 2.45) is 0 Å². The third kappa shape index (κ3) is 4.31. The van der Waals surface area contributed by atoms with Gasteiger partial charge in [-0.2, -0.15) is 0 Å². The molecule has 1 aromatic heterocycles. The molecule has 0 aromatic carbocycles. The molecule has 1 rings (SSSR count). The van der Waals surface area contributed by atoms with E-state index in [1.807, 2.05) is 0 Å². The average Bonchev–Trinajstić information content (AvgIpc) is 2.53. The lowest BCUT2D eigenvalue weighted by molar-refractivity contribution is 0.0618. The van der Waals surface area contributed by atoms with Crippen LogP contribution in [-0.2, 0) is 11.5 Å². The number of hydrogen-bond acceptors (Lipinski definition) is 3. The van der Waals surface area contributed by atoms with Crippen LogP contribution in [0.4, 0.5) is 0 Å². The highest BCUT2D eigenvalue weighted by Gasteiger charge is 2.14. The van der Waals surface area contributed by atoms with Gasteiger partial charge in [-0.05, 0) is 13.0 Å². The van der Waals surface area contributed by atoms with E-state index in [9.17, 15) is 4.79 Å². The van der Waals surface area contributed by atoms with Crippen LogP contribution in [-0.4, -0.2) is 35.3 Å². The second kappa shape index (κ2) is 5.46. The smallest absolute Gasteiger partial charge is 0.354 e. The van der Waals surface area contributed by atoms with Crippen molar-refractivity contribution >= 4 is 14.0 Å². The number of imidazole rings is 1. The third-order valence-electron chi connectivity index (χ3n) is 2.49. The van der Waals surface area contributed by atoms with E-state index in [-0.39, 0.29) is 12.4 Å². The second-order valence-corrected chi connectivity index (χ2v) is 10.9. The maximum Gasteiger partial charge on any atom is 0.354 e. The Labute approximate surface area is 102 Å². The second-order valence-electron chi connectivity index (χ2n) is 5.27. The van der Waals surface area contributed by atoms with Gasteiger partial charge in [-0.15, -0.1) is 0 Å². The van der Waals surface area contributed by atoms with E-state index in [0.29, 0.717) is 12.4 Å². The molecule has 0 fully saturated rings. The number of carbonyl (C=O) groups is 1. The molecule has 0 amide bonds. The molecule has 1 heterocycles. The normalized spacial score (nSPS) is 11.8. The van der Waals surface area contributed by atoms with Gasteiger partial charge >= 0.3 is 5.97 Å². The summed E-state index contributed by atoms with van der Waals surface area (Å²) in [6.45, 7) is 9.54. The van der Waals surface area contributed by atoms with Gasteiger partial charge in [-0.3, -0.25) is 4.57 Å². The Kier molecular flexibility index (Phi) is 4.47. The molecule has 0 spiro atoms. The summed E-state index contributed by atoms with van der Waals surface area (Å²) in [4.78, 5) is 14.9. The number of hydrogen-bond donors (Lipinski definition) is 1. The number of nitrogens with zero attached hydrogens (tertiary/aromatic N) is 2. The first-order valence-electron chi connectivity index (χ1n) is 5.64. The van der Waals surface area contributed by atoms with Crippen molar-refractivity contribution in [1.29, 1.82) is 0 Å². The van der Waals surface area contributed by atoms with Crippen molar-refractivity contribution in [2.75, 3.05) is 6.61 Å². The molecular weight excluding hydrogens is 236 g/mol. The van der Waals surface area contributed by atoms with E-state index >= 15 is 0 Å². The summed E-state index contributed by atoms with van der Waals surface area (Å²) in [6.07, 6.45) is 1.36. The summed E-state index contributed by atoms with van der Waals surface area (Å²) in [5.41, 5.74) is 0.176. The highest BCUT2D eigenvalue weighted by Crippen LogP contribution is 2.09. The molecule has 0 unspecified atom stereocenters. The first kappa shape index (κ1) is 13.9. The lowest BCUT2D eigenvalue weighted by Crippen LogP contribution is -2.22. The van der Waals surface area contributed by atoms with Crippen LogP contribution in [0, 0.1) is 6.92 Å². The summed E-state index contributed by atoms with van der Waals surface area (Å²) < 4.78 is 7.10. The monoisotopic (exact) mass is 256 g/mol. The molecule has 5 nitrogen and oxygen atoms in total. The number of aromatic nitrogens is 2. The van der Waals surface area contributed by atoms with Gasteiger partial charge in [0.25, 0.3) is 0 Å². The van der Waals surface area contributed by atoms with Crippen LogP contribution < -0.4 is 0 Å². The lowest BCUT2D eigenvalue weighted by Gasteiger charge is -2.16. The molecule has 0 saturated carbocycles. The molecule has 0 bridgehead atoms. The highest BCUT2D eigenvalue weighted by atomic mass is 28.3. The molecular formula is C11H20N2O3Si. The van der Waals surface area contributed by atoms with E-state index in [1.165, 1.54) is 6.20 Å². The number of carboxylic acids is 1. The first-order valence-corrected chi connectivity index (χ1v) is 9.35. The van der Waals surface area contributed by atoms with Crippen molar-refractivity contribution in [3.8, 4) is 0 Å². The Hall–Kier alpha value is -1.14. The summed E-state index contributed by atoms with van der Waals surface area (Å²) in [6, 6.07) is 1.07. The van der Waals surface area contributed by atoms with Crippen molar-refractivity contribution in [2.45, 2.75) is 39.3 Å². The minimum absolute atomic E-state index is 0.176. The lowest BCUT2D eigenvalue weighted by atomic mass is 10.5. The molecule has 1 N–H and O–H groups in total. The van der Waals surface area contributed by atoms with Crippen LogP contribution >= 0.6 is 0 Å². The van der Waals surface area contributed by atoms with Crippen molar-refractivity contribution in [3.05, 3.63) is 17.7 Å². The summed E-state index contributed by atoms with van der Waals surface area (Å²) in [7, 11) is -1.09. The maximum absolute atomic E-state index is 10.9. The highest BCUT2D eigenvalue weighted by molar-refractivity contribution is 6.76. The number of ether oxygens (including phenoxy) is 1. The Morgan fingerprint density at radius 2 is 2.18 bits per heavy atom. The topological polar surface area (TPSA) is 64.3 Å². The maximum atomic E-state index is 10.9. The van der Waals surface area contributed by atoms with E-state index in [0.717, 1.165) is 6.04 Å². The van der Waals surface area contributed by atoms with Gasteiger partial charge in [0.2, 0.25) is 0 Å². The largest absolute Gasteiger partial charge is 0.477 e. The molecule has 0 aliphatic rings. The molecule has 0 saturated heterocycles. The van der Waals surface area contributed by atoms with E-state index in [1.54, 1.807) is 11.5 Å². The van der Waals surface area contributed by atoms with Crippen LogP contribution in [0.25, 0.3) is 0 Å². The Balaban J connectivity index is 2.52. The Bertz CT molecular complexity index is 396. The molecule has 0 aliphatic carbocycles. The fraction of sp³-hybridized carbons (Fsp3) is 0.636. The van der Waals surface area contributed by atoms with Gasteiger partial charge in [0.05, 0.1) is 6.20 Å². The summed E-state index contributed by atoms with van der Waals surface area (Å²) in [5, 5.41) is 8.96. The fourth-order valence-electron chi connectivity index (χ4n) is 1.34. The van der Waals surface area contributed by atoms with Gasteiger partial charge in [-0.1, -0.05) is 19.6 Å². The molecule has 1 aromatic rings. The summed E-state index contributed by atoms with van der Waals surface area (Å²) in [5.74, 6) is -0.310. The molecule has 6 heteroatoms. The van der Waals surface area contributed by atoms with Crippen molar-refractivity contribution in [3.63, 3.8) is 0 Å². The van der Waals surface area contributed by atoms with Gasteiger partial charge in [0.15, 0.2) is 0 Å². The quantitative estimate of drug-likeness (QED) is 0.626. The Morgan fingerprint density at radius 1 is 1.53 bits per heavy atom.